The lowest BCUT2D eigenvalue weighted by molar-refractivity contribution is -0.107. The maximum Gasteiger partial charge on any atom is 0.234 e. The van der Waals surface area contributed by atoms with Gasteiger partial charge >= 0.3 is 0 Å². The van der Waals surface area contributed by atoms with Crippen molar-refractivity contribution >= 4 is 93.3 Å². The van der Waals surface area contributed by atoms with Gasteiger partial charge in [-0.2, -0.15) is 5.10 Å². The van der Waals surface area contributed by atoms with E-state index in [2.05, 4.69) is 14.8 Å². The van der Waals surface area contributed by atoms with Gasteiger partial charge in [0.05, 0.1) is 38.2 Å². The number of anilines is 2. The molecule has 0 bridgehead atoms. The summed E-state index contributed by atoms with van der Waals surface area (Å²) in [7, 11) is 0. The van der Waals surface area contributed by atoms with Crippen LogP contribution in [0.4, 0.5) is 11.4 Å². The van der Waals surface area contributed by atoms with Crippen LogP contribution in [0.5, 0.6) is 0 Å². The van der Waals surface area contributed by atoms with Gasteiger partial charge < -0.3 is 9.71 Å². The summed E-state index contributed by atoms with van der Waals surface area (Å²) in [5.74, 6) is 0. The molecule has 3 aromatic rings. The quantitative estimate of drug-likeness (QED) is 0.159. The van der Waals surface area contributed by atoms with E-state index in [9.17, 15) is 4.79 Å². The average Bonchev–Trinajstić information content (AvgIpc) is 3.11. The lowest BCUT2D eigenvalue weighted by Gasteiger charge is -2.12. The van der Waals surface area contributed by atoms with Crippen molar-refractivity contribution in [3.05, 3.63) is 62.7 Å². The molecule has 1 heterocycles. The van der Waals surface area contributed by atoms with Gasteiger partial charge in [-0.1, -0.05) is 46.4 Å². The molecule has 0 radical (unpaired) electrons. The van der Waals surface area contributed by atoms with Gasteiger partial charge in [-0.05, 0) is 55.3 Å². The Morgan fingerprint density at radius 2 is 1.86 bits per heavy atom. The van der Waals surface area contributed by atoms with Crippen LogP contribution in [0.3, 0.4) is 0 Å². The third kappa shape index (κ3) is 5.21. The lowest BCUT2D eigenvalue weighted by atomic mass is 10.2. The number of aromatic amines is 1. The molecule has 0 aliphatic rings. The third-order valence-electron chi connectivity index (χ3n) is 3.84. The van der Waals surface area contributed by atoms with E-state index in [1.807, 2.05) is 18.2 Å². The van der Waals surface area contributed by atoms with E-state index in [1.165, 1.54) is 18.2 Å². The van der Waals surface area contributed by atoms with E-state index in [0.29, 0.717) is 27.2 Å². The van der Waals surface area contributed by atoms with Crippen molar-refractivity contribution in [3.63, 3.8) is 0 Å². The number of hydrazone groups is 1. The smallest absolute Gasteiger partial charge is 0.234 e. The maximum absolute atomic E-state index is 11.3. The molecule has 0 aliphatic heterocycles. The zero-order valence-electron chi connectivity index (χ0n) is 14.9. The Morgan fingerprint density at radius 1 is 1.14 bits per heavy atom. The molecule has 0 saturated carbocycles. The van der Waals surface area contributed by atoms with Crippen LogP contribution < -0.4 is 9.73 Å². The number of nitrogens with one attached hydrogen (secondary N) is 2. The molecule has 5 nitrogen and oxygen atoms in total. The predicted molar refractivity (Wildman–Crippen MR) is 126 cm³/mol. The molecule has 0 unspecified atom stereocenters. The summed E-state index contributed by atoms with van der Waals surface area (Å²) in [4.78, 5) is 15.4. The number of nitrogens with zero attached hydrogens (tertiary/aromatic N) is 2. The van der Waals surface area contributed by atoms with Crippen molar-refractivity contribution in [2.24, 2.45) is 5.10 Å². The van der Waals surface area contributed by atoms with Crippen LogP contribution in [0.2, 0.25) is 10.0 Å². The number of amides is 1. The first-order chi connectivity index (χ1) is 13.9. The first-order valence-corrected chi connectivity index (χ1v) is 10.5. The van der Waals surface area contributed by atoms with E-state index >= 15 is 0 Å². The van der Waals surface area contributed by atoms with Crippen molar-refractivity contribution in [1.29, 1.82) is 0 Å². The fourth-order valence-electron chi connectivity index (χ4n) is 2.39. The van der Waals surface area contributed by atoms with Crippen LogP contribution in [0, 0.1) is 0 Å². The summed E-state index contributed by atoms with van der Waals surface area (Å²) >= 11 is 25.5. The summed E-state index contributed by atoms with van der Waals surface area (Å²) < 4.78 is 3.28. The van der Waals surface area contributed by atoms with Gasteiger partial charge in [0.1, 0.15) is 0 Å². The van der Waals surface area contributed by atoms with Crippen molar-refractivity contribution in [2.45, 2.75) is 11.8 Å². The van der Waals surface area contributed by atoms with E-state index in [1.54, 1.807) is 31.3 Å². The molecular formula is C19H14Cl4N4OS. The normalized spacial score (nSPS) is 12.3. The van der Waals surface area contributed by atoms with E-state index in [-0.39, 0.29) is 5.03 Å². The fourth-order valence-corrected chi connectivity index (χ4v) is 3.71. The number of aromatic nitrogens is 1. The Kier molecular flexibility index (Phi) is 7.38. The molecular weight excluding hydrogens is 474 g/mol. The number of benzene rings is 2. The number of rotatable bonds is 7. The third-order valence-corrected chi connectivity index (χ3v) is 5.97. The topological polar surface area (TPSA) is 60.5 Å². The zero-order valence-corrected chi connectivity index (χ0v) is 18.8. The van der Waals surface area contributed by atoms with Gasteiger partial charge in [-0.25, -0.2) is 5.01 Å². The molecule has 1 amide bonds. The molecule has 29 heavy (non-hydrogen) atoms. The molecule has 0 fully saturated rings. The number of halogens is 4. The fraction of sp³-hybridized carbons (Fsp3) is 0.0526. The summed E-state index contributed by atoms with van der Waals surface area (Å²) in [5.41, 5.74) is 2.26. The predicted octanol–water partition coefficient (Wildman–Crippen LogP) is 7.25. The van der Waals surface area contributed by atoms with Gasteiger partial charge in [0, 0.05) is 21.5 Å². The van der Waals surface area contributed by atoms with Crippen LogP contribution in [-0.4, -0.2) is 17.6 Å². The monoisotopic (exact) mass is 486 g/mol. The number of carbonyl (C=O) groups excluding carboxylic acids is 1. The highest BCUT2D eigenvalue weighted by molar-refractivity contribution is 8.00. The van der Waals surface area contributed by atoms with Crippen molar-refractivity contribution < 1.29 is 4.79 Å². The molecule has 0 aliphatic carbocycles. The van der Waals surface area contributed by atoms with Gasteiger partial charge in [0.15, 0.2) is 0 Å². The van der Waals surface area contributed by atoms with Crippen LogP contribution in [0.15, 0.2) is 62.7 Å². The summed E-state index contributed by atoms with van der Waals surface area (Å²) in [6.45, 7) is 1.63. The van der Waals surface area contributed by atoms with Gasteiger partial charge in [0.25, 0.3) is 0 Å². The standard InChI is InChI=1S/C19H14Cl4N4OS/c1-11(20)15(22)9-25-27(10-28)12-2-4-13(5-3-12)29-26-17-7-6-14(21)18-16(23)8-24-19(17)18/h2-10,24,26H,1H3/b15-11-,25-9-. The Hall–Kier alpha value is -1.83. The summed E-state index contributed by atoms with van der Waals surface area (Å²) in [6.07, 6.45) is 3.60. The van der Waals surface area contributed by atoms with Gasteiger partial charge in [-0.3, -0.25) is 4.79 Å². The van der Waals surface area contributed by atoms with Crippen LogP contribution in [0.1, 0.15) is 6.92 Å². The Labute approximate surface area is 191 Å². The number of allylic oxidation sites excluding steroid dienone is 2. The Morgan fingerprint density at radius 3 is 2.52 bits per heavy atom. The number of H-pyrrole nitrogens is 1. The molecule has 0 saturated heterocycles. The van der Waals surface area contributed by atoms with Crippen LogP contribution >= 0.6 is 58.4 Å². The molecule has 2 aromatic carbocycles. The minimum absolute atomic E-state index is 0.258. The minimum Gasteiger partial charge on any atom is -0.358 e. The first-order valence-electron chi connectivity index (χ1n) is 8.19. The summed E-state index contributed by atoms with van der Waals surface area (Å²) in [6, 6.07) is 10.9. The highest BCUT2D eigenvalue weighted by Gasteiger charge is 2.11. The lowest BCUT2D eigenvalue weighted by Crippen LogP contribution is -2.13. The zero-order chi connectivity index (χ0) is 21.0. The number of hydrogen-bond donors (Lipinski definition) is 2. The minimum atomic E-state index is 0.258. The number of fused-ring (bicyclic) bond motifs is 1. The molecule has 10 heteroatoms. The molecule has 3 rings (SSSR count). The Bertz CT molecular complexity index is 1090. The maximum atomic E-state index is 11.3. The average molecular weight is 488 g/mol. The highest BCUT2D eigenvalue weighted by Crippen LogP contribution is 2.36. The highest BCUT2D eigenvalue weighted by atomic mass is 35.5. The summed E-state index contributed by atoms with van der Waals surface area (Å²) in [5, 5.41) is 7.74. The second-order valence-corrected chi connectivity index (χ2v) is 8.42. The molecule has 0 atom stereocenters. The van der Waals surface area contributed by atoms with Gasteiger partial charge in [0.2, 0.25) is 6.41 Å². The van der Waals surface area contributed by atoms with E-state index in [4.69, 9.17) is 46.4 Å². The van der Waals surface area contributed by atoms with E-state index < -0.39 is 0 Å². The van der Waals surface area contributed by atoms with Gasteiger partial charge in [-0.15, -0.1) is 0 Å². The Balaban J connectivity index is 1.72. The van der Waals surface area contributed by atoms with Crippen LogP contribution in [-0.2, 0) is 4.79 Å². The molecule has 150 valence electrons. The molecule has 0 spiro atoms. The second-order valence-electron chi connectivity index (χ2n) is 5.76. The number of carbonyl (C=O) groups is 1. The SMILES string of the molecule is C/C(Cl)=C(Cl)\C=N/N(C=O)c1ccc(SNc2ccc(Cl)c3c(Cl)c[nH]c23)cc1. The van der Waals surface area contributed by atoms with E-state index in [0.717, 1.165) is 26.5 Å². The molecule has 2 N–H and O–H groups in total. The van der Waals surface area contributed by atoms with Crippen molar-refractivity contribution in [3.8, 4) is 0 Å². The number of hydrogen-bond acceptors (Lipinski definition) is 4. The van der Waals surface area contributed by atoms with Crippen molar-refractivity contribution in [2.75, 3.05) is 9.73 Å². The second kappa shape index (κ2) is 9.78. The molecule has 1 aromatic heterocycles. The first kappa shape index (κ1) is 21.9. The van der Waals surface area contributed by atoms with Crippen LogP contribution in [0.25, 0.3) is 10.9 Å². The van der Waals surface area contributed by atoms with Crippen molar-refractivity contribution in [1.82, 2.24) is 4.98 Å². The largest absolute Gasteiger partial charge is 0.358 e.